The standard InChI is InChI=1S/C12H22N2O3/c1-5-6-9(13)11(15)14-10(7-8(2)3)12(16)17-4/h5,8-10H,1,6-7,13H2,2-4H3,(H,14,15)/t9?,10-/m0/s1. The average molecular weight is 242 g/mol. The maximum Gasteiger partial charge on any atom is 0.328 e. The Kier molecular flexibility index (Phi) is 7.21. The van der Waals surface area contributed by atoms with E-state index in [1.54, 1.807) is 6.08 Å². The van der Waals surface area contributed by atoms with Gasteiger partial charge in [0, 0.05) is 0 Å². The van der Waals surface area contributed by atoms with Crippen molar-refractivity contribution >= 4 is 11.9 Å². The van der Waals surface area contributed by atoms with Crippen LogP contribution in [-0.2, 0) is 14.3 Å². The van der Waals surface area contributed by atoms with Gasteiger partial charge in [-0.2, -0.15) is 0 Å². The highest BCUT2D eigenvalue weighted by Gasteiger charge is 2.24. The first-order valence-electron chi connectivity index (χ1n) is 5.67. The Balaban J connectivity index is 4.46. The van der Waals surface area contributed by atoms with Gasteiger partial charge in [0.15, 0.2) is 0 Å². The molecule has 0 aromatic heterocycles. The highest BCUT2D eigenvalue weighted by Crippen LogP contribution is 2.06. The highest BCUT2D eigenvalue weighted by atomic mass is 16.5. The fourth-order valence-corrected chi connectivity index (χ4v) is 1.39. The summed E-state index contributed by atoms with van der Waals surface area (Å²) >= 11 is 0. The van der Waals surface area contributed by atoms with Crippen LogP contribution >= 0.6 is 0 Å². The summed E-state index contributed by atoms with van der Waals surface area (Å²) in [5, 5.41) is 2.60. The Labute approximate surface area is 102 Å². The minimum atomic E-state index is -0.674. The minimum Gasteiger partial charge on any atom is -0.467 e. The summed E-state index contributed by atoms with van der Waals surface area (Å²) in [7, 11) is 1.30. The van der Waals surface area contributed by atoms with E-state index in [2.05, 4.69) is 16.6 Å². The Morgan fingerprint density at radius 1 is 1.47 bits per heavy atom. The van der Waals surface area contributed by atoms with Crippen molar-refractivity contribution in [1.82, 2.24) is 5.32 Å². The topological polar surface area (TPSA) is 81.4 Å². The fraction of sp³-hybridized carbons (Fsp3) is 0.667. The molecule has 0 saturated heterocycles. The number of esters is 1. The SMILES string of the molecule is C=CCC(N)C(=O)N[C@@H](CC(C)C)C(=O)OC. The zero-order valence-electron chi connectivity index (χ0n) is 10.7. The number of carbonyl (C=O) groups is 2. The molecular weight excluding hydrogens is 220 g/mol. The normalized spacial score (nSPS) is 13.9. The predicted molar refractivity (Wildman–Crippen MR) is 66.2 cm³/mol. The molecule has 0 spiro atoms. The molecule has 0 aliphatic carbocycles. The molecule has 1 unspecified atom stereocenters. The largest absolute Gasteiger partial charge is 0.467 e. The first kappa shape index (κ1) is 15.6. The molecule has 5 nitrogen and oxygen atoms in total. The monoisotopic (exact) mass is 242 g/mol. The molecule has 0 radical (unpaired) electrons. The van der Waals surface area contributed by atoms with Crippen molar-refractivity contribution in [3.8, 4) is 0 Å². The molecule has 0 bridgehead atoms. The number of carbonyl (C=O) groups excluding carboxylic acids is 2. The van der Waals surface area contributed by atoms with Crippen LogP contribution in [0.15, 0.2) is 12.7 Å². The number of hydrogen-bond donors (Lipinski definition) is 2. The molecule has 0 aliphatic heterocycles. The van der Waals surface area contributed by atoms with Crippen LogP contribution in [0.3, 0.4) is 0 Å². The summed E-state index contributed by atoms with van der Waals surface area (Å²) in [5.74, 6) is -0.533. The molecule has 0 saturated carbocycles. The molecule has 0 aromatic rings. The van der Waals surface area contributed by atoms with Gasteiger partial charge in [0.1, 0.15) is 6.04 Å². The number of amides is 1. The Hall–Kier alpha value is -1.36. The second kappa shape index (κ2) is 7.84. The van der Waals surface area contributed by atoms with Gasteiger partial charge >= 0.3 is 5.97 Å². The first-order valence-corrected chi connectivity index (χ1v) is 5.67. The molecule has 5 heteroatoms. The van der Waals surface area contributed by atoms with Gasteiger partial charge in [0.05, 0.1) is 13.2 Å². The molecule has 0 aliphatic rings. The van der Waals surface area contributed by atoms with Crippen molar-refractivity contribution in [1.29, 1.82) is 0 Å². The second-order valence-electron chi connectivity index (χ2n) is 4.34. The summed E-state index contributed by atoms with van der Waals surface area (Å²) in [5.41, 5.74) is 5.61. The van der Waals surface area contributed by atoms with Crippen LogP contribution in [0.5, 0.6) is 0 Å². The van der Waals surface area contributed by atoms with E-state index in [9.17, 15) is 9.59 Å². The Morgan fingerprint density at radius 2 is 2.06 bits per heavy atom. The Morgan fingerprint density at radius 3 is 2.47 bits per heavy atom. The number of hydrogen-bond acceptors (Lipinski definition) is 4. The van der Waals surface area contributed by atoms with E-state index in [-0.39, 0.29) is 11.8 Å². The van der Waals surface area contributed by atoms with Crippen molar-refractivity contribution in [2.45, 2.75) is 38.8 Å². The predicted octanol–water partition coefficient (Wildman–Crippen LogP) is 0.594. The quantitative estimate of drug-likeness (QED) is 0.506. The second-order valence-corrected chi connectivity index (χ2v) is 4.34. The molecule has 3 N–H and O–H groups in total. The lowest BCUT2D eigenvalue weighted by molar-refractivity contribution is -0.145. The van der Waals surface area contributed by atoms with Crippen molar-refractivity contribution < 1.29 is 14.3 Å². The number of methoxy groups -OCH3 is 1. The van der Waals surface area contributed by atoms with Crippen LogP contribution in [0.1, 0.15) is 26.7 Å². The van der Waals surface area contributed by atoms with Gasteiger partial charge < -0.3 is 15.8 Å². The van der Waals surface area contributed by atoms with Crippen molar-refractivity contribution in [2.24, 2.45) is 11.7 Å². The molecule has 0 heterocycles. The van der Waals surface area contributed by atoms with Crippen molar-refractivity contribution in [3.63, 3.8) is 0 Å². The van der Waals surface area contributed by atoms with Gasteiger partial charge in [0.25, 0.3) is 0 Å². The van der Waals surface area contributed by atoms with Crippen LogP contribution < -0.4 is 11.1 Å². The van der Waals surface area contributed by atoms with E-state index in [4.69, 9.17) is 5.73 Å². The van der Waals surface area contributed by atoms with Crippen molar-refractivity contribution in [2.75, 3.05) is 7.11 Å². The van der Waals surface area contributed by atoms with Gasteiger partial charge in [-0.25, -0.2) is 4.79 Å². The van der Waals surface area contributed by atoms with E-state index < -0.39 is 18.1 Å². The zero-order valence-corrected chi connectivity index (χ0v) is 10.7. The maximum absolute atomic E-state index is 11.7. The first-order chi connectivity index (χ1) is 7.92. The van der Waals surface area contributed by atoms with Gasteiger partial charge in [0.2, 0.25) is 5.91 Å². The van der Waals surface area contributed by atoms with Gasteiger partial charge in [-0.15, -0.1) is 6.58 Å². The maximum atomic E-state index is 11.7. The summed E-state index contributed by atoms with van der Waals surface area (Å²) in [6.07, 6.45) is 2.47. The van der Waals surface area contributed by atoms with Gasteiger partial charge in [-0.1, -0.05) is 19.9 Å². The van der Waals surface area contributed by atoms with Crippen LogP contribution in [-0.4, -0.2) is 31.1 Å². The third kappa shape index (κ3) is 6.06. The number of rotatable bonds is 7. The summed E-state index contributed by atoms with van der Waals surface area (Å²) in [6, 6.07) is -1.31. The molecule has 98 valence electrons. The van der Waals surface area contributed by atoms with E-state index >= 15 is 0 Å². The lowest BCUT2D eigenvalue weighted by atomic mass is 10.0. The summed E-state index contributed by atoms with van der Waals surface area (Å²) in [6.45, 7) is 7.44. The average Bonchev–Trinajstić information content (AvgIpc) is 2.26. The van der Waals surface area contributed by atoms with E-state index in [1.165, 1.54) is 7.11 Å². The molecule has 0 rings (SSSR count). The highest BCUT2D eigenvalue weighted by molar-refractivity contribution is 5.87. The molecule has 0 aromatic carbocycles. The fourth-order valence-electron chi connectivity index (χ4n) is 1.39. The minimum absolute atomic E-state index is 0.273. The van der Waals surface area contributed by atoms with Crippen LogP contribution in [0, 0.1) is 5.92 Å². The van der Waals surface area contributed by atoms with E-state index in [1.807, 2.05) is 13.8 Å². The zero-order chi connectivity index (χ0) is 13.4. The van der Waals surface area contributed by atoms with E-state index in [0.717, 1.165) is 0 Å². The van der Waals surface area contributed by atoms with Crippen molar-refractivity contribution in [3.05, 3.63) is 12.7 Å². The third-order valence-corrected chi connectivity index (χ3v) is 2.27. The number of nitrogens with one attached hydrogen (secondary N) is 1. The molecule has 1 amide bonds. The van der Waals surface area contributed by atoms with E-state index in [0.29, 0.717) is 12.8 Å². The number of nitrogens with two attached hydrogens (primary N) is 1. The van der Waals surface area contributed by atoms with Gasteiger partial charge in [-0.3, -0.25) is 4.79 Å². The van der Waals surface area contributed by atoms with Crippen LogP contribution in [0.4, 0.5) is 0 Å². The summed E-state index contributed by atoms with van der Waals surface area (Å²) < 4.78 is 4.64. The Bertz CT molecular complexity index is 277. The molecule has 2 atom stereocenters. The third-order valence-electron chi connectivity index (χ3n) is 2.27. The molecular formula is C12H22N2O3. The number of ether oxygens (including phenoxy) is 1. The lowest BCUT2D eigenvalue weighted by Gasteiger charge is -2.20. The molecule has 0 fully saturated rings. The van der Waals surface area contributed by atoms with Crippen LogP contribution in [0.2, 0.25) is 0 Å². The van der Waals surface area contributed by atoms with Gasteiger partial charge in [-0.05, 0) is 18.8 Å². The van der Waals surface area contributed by atoms with Crippen LogP contribution in [0.25, 0.3) is 0 Å². The lowest BCUT2D eigenvalue weighted by Crippen LogP contribution is -2.49. The molecule has 17 heavy (non-hydrogen) atoms. The smallest absolute Gasteiger partial charge is 0.328 e. The summed E-state index contributed by atoms with van der Waals surface area (Å²) in [4.78, 5) is 23.1.